The number of nitrogens with one attached hydrogen (secondary N) is 2. The Kier molecular flexibility index (Phi) is 6.19. The molecule has 3 rings (SSSR count). The van der Waals surface area contributed by atoms with Gasteiger partial charge < -0.3 is 20.1 Å². The Balaban J connectivity index is 1.59. The number of amides is 2. The second-order valence-corrected chi connectivity index (χ2v) is 7.02. The second kappa shape index (κ2) is 8.78. The van der Waals surface area contributed by atoms with E-state index in [1.165, 1.54) is 0 Å². The van der Waals surface area contributed by atoms with Gasteiger partial charge in [-0.2, -0.15) is 0 Å². The topological polar surface area (TPSA) is 76.7 Å². The van der Waals surface area contributed by atoms with Crippen LogP contribution in [0.3, 0.4) is 0 Å². The highest BCUT2D eigenvalue weighted by molar-refractivity contribution is 5.92. The second-order valence-electron chi connectivity index (χ2n) is 7.02. The summed E-state index contributed by atoms with van der Waals surface area (Å²) in [5, 5.41) is 5.79. The number of para-hydroxylation sites is 2. The van der Waals surface area contributed by atoms with Crippen molar-refractivity contribution in [3.05, 3.63) is 54.1 Å². The first kappa shape index (κ1) is 19.7. The van der Waals surface area contributed by atoms with Gasteiger partial charge in [0.25, 0.3) is 5.91 Å². The summed E-state index contributed by atoms with van der Waals surface area (Å²) in [6, 6.07) is 14.8. The van der Waals surface area contributed by atoms with Gasteiger partial charge in [0, 0.05) is 18.2 Å². The standard InChI is InChI=1S/C22H26N2O4/c1-4-14(2)21(25)24-17-9-7-8-16(12-17)13-23-22(26)20-15(3)27-18-10-5-6-11-19(18)28-20/h5-12,14-15,20H,4,13H2,1-3H3,(H,23,26)(H,24,25)/t14-,15+,20-/m0/s1. The Morgan fingerprint density at radius 1 is 1.07 bits per heavy atom. The number of ether oxygens (including phenoxy) is 2. The number of hydrogen-bond acceptors (Lipinski definition) is 4. The summed E-state index contributed by atoms with van der Waals surface area (Å²) in [6.45, 7) is 6.02. The van der Waals surface area contributed by atoms with Crippen LogP contribution >= 0.6 is 0 Å². The zero-order chi connectivity index (χ0) is 20.1. The van der Waals surface area contributed by atoms with E-state index in [9.17, 15) is 9.59 Å². The molecule has 1 heterocycles. The Labute approximate surface area is 165 Å². The number of carbonyl (C=O) groups is 2. The molecule has 1 aliphatic rings. The highest BCUT2D eigenvalue weighted by Gasteiger charge is 2.33. The van der Waals surface area contributed by atoms with E-state index in [0.29, 0.717) is 18.0 Å². The van der Waals surface area contributed by atoms with Gasteiger partial charge in [0.05, 0.1) is 0 Å². The van der Waals surface area contributed by atoms with E-state index in [0.717, 1.165) is 17.7 Å². The summed E-state index contributed by atoms with van der Waals surface area (Å²) in [5.74, 6) is 0.912. The fraction of sp³-hybridized carbons (Fsp3) is 0.364. The lowest BCUT2D eigenvalue weighted by molar-refractivity contribution is -0.133. The van der Waals surface area contributed by atoms with Gasteiger partial charge in [-0.05, 0) is 43.2 Å². The summed E-state index contributed by atoms with van der Waals surface area (Å²) in [6.07, 6.45) is -0.328. The molecule has 2 amide bonds. The lowest BCUT2D eigenvalue weighted by Crippen LogP contribution is -2.48. The van der Waals surface area contributed by atoms with Crippen molar-refractivity contribution < 1.29 is 19.1 Å². The fourth-order valence-corrected chi connectivity index (χ4v) is 2.91. The molecule has 0 saturated carbocycles. The van der Waals surface area contributed by atoms with Crippen LogP contribution in [-0.4, -0.2) is 24.0 Å². The van der Waals surface area contributed by atoms with Gasteiger partial charge >= 0.3 is 0 Å². The molecule has 3 atom stereocenters. The van der Waals surface area contributed by atoms with E-state index >= 15 is 0 Å². The maximum absolute atomic E-state index is 12.6. The van der Waals surface area contributed by atoms with Crippen molar-refractivity contribution in [2.45, 2.75) is 45.9 Å². The molecule has 2 N–H and O–H groups in total. The van der Waals surface area contributed by atoms with Gasteiger partial charge in [-0.1, -0.05) is 38.1 Å². The van der Waals surface area contributed by atoms with Crippen LogP contribution < -0.4 is 20.1 Å². The molecule has 0 unspecified atom stereocenters. The summed E-state index contributed by atoms with van der Waals surface area (Å²) < 4.78 is 11.6. The van der Waals surface area contributed by atoms with Crippen molar-refractivity contribution in [1.82, 2.24) is 5.32 Å². The van der Waals surface area contributed by atoms with Crippen molar-refractivity contribution >= 4 is 17.5 Å². The van der Waals surface area contributed by atoms with Crippen LogP contribution in [0.4, 0.5) is 5.69 Å². The van der Waals surface area contributed by atoms with E-state index in [4.69, 9.17) is 9.47 Å². The van der Waals surface area contributed by atoms with Gasteiger partial charge in [-0.3, -0.25) is 9.59 Å². The van der Waals surface area contributed by atoms with Crippen molar-refractivity contribution in [2.24, 2.45) is 5.92 Å². The van der Waals surface area contributed by atoms with Crippen LogP contribution in [0.15, 0.2) is 48.5 Å². The van der Waals surface area contributed by atoms with E-state index in [1.54, 1.807) is 6.07 Å². The van der Waals surface area contributed by atoms with Crippen molar-refractivity contribution in [3.63, 3.8) is 0 Å². The number of benzene rings is 2. The third kappa shape index (κ3) is 4.63. The normalized spacial score (nSPS) is 18.8. The number of carbonyl (C=O) groups excluding carboxylic acids is 2. The molecule has 0 fully saturated rings. The van der Waals surface area contributed by atoms with Crippen molar-refractivity contribution in [1.29, 1.82) is 0 Å². The smallest absolute Gasteiger partial charge is 0.265 e. The molecule has 148 valence electrons. The summed E-state index contributed by atoms with van der Waals surface area (Å²) in [7, 11) is 0. The minimum atomic E-state index is -0.719. The largest absolute Gasteiger partial charge is 0.482 e. The zero-order valence-electron chi connectivity index (χ0n) is 16.4. The summed E-state index contributed by atoms with van der Waals surface area (Å²) in [5.41, 5.74) is 1.61. The lowest BCUT2D eigenvalue weighted by atomic mass is 10.1. The monoisotopic (exact) mass is 382 g/mol. The molecule has 0 radical (unpaired) electrons. The van der Waals surface area contributed by atoms with Crippen molar-refractivity contribution in [2.75, 3.05) is 5.32 Å². The molecule has 0 spiro atoms. The SMILES string of the molecule is CC[C@H](C)C(=O)Nc1cccc(CNC(=O)[C@H]2Oc3ccccc3O[C@@H]2C)c1. The Bertz CT molecular complexity index is 852. The third-order valence-corrected chi connectivity index (χ3v) is 4.82. The molecule has 6 heteroatoms. The first-order valence-electron chi connectivity index (χ1n) is 9.57. The number of hydrogen-bond donors (Lipinski definition) is 2. The number of fused-ring (bicyclic) bond motifs is 1. The molecular weight excluding hydrogens is 356 g/mol. The maximum atomic E-state index is 12.6. The Morgan fingerprint density at radius 2 is 1.79 bits per heavy atom. The van der Waals surface area contributed by atoms with E-state index in [2.05, 4.69) is 10.6 Å². The fourth-order valence-electron chi connectivity index (χ4n) is 2.91. The molecular formula is C22H26N2O4. The van der Waals surface area contributed by atoms with Gasteiger partial charge in [-0.15, -0.1) is 0 Å². The first-order valence-corrected chi connectivity index (χ1v) is 9.57. The molecule has 2 aromatic carbocycles. The van der Waals surface area contributed by atoms with Crippen LogP contribution in [0, 0.1) is 5.92 Å². The van der Waals surface area contributed by atoms with Crippen LogP contribution in [0.2, 0.25) is 0 Å². The zero-order valence-corrected chi connectivity index (χ0v) is 16.4. The molecule has 1 aliphatic heterocycles. The average molecular weight is 382 g/mol. The quantitative estimate of drug-likeness (QED) is 0.801. The summed E-state index contributed by atoms with van der Waals surface area (Å²) in [4.78, 5) is 24.6. The lowest BCUT2D eigenvalue weighted by Gasteiger charge is -2.31. The molecule has 28 heavy (non-hydrogen) atoms. The van der Waals surface area contributed by atoms with Crippen LogP contribution in [-0.2, 0) is 16.1 Å². The average Bonchev–Trinajstić information content (AvgIpc) is 2.71. The van der Waals surface area contributed by atoms with E-state index in [1.807, 2.05) is 63.2 Å². The van der Waals surface area contributed by atoms with Crippen LogP contribution in [0.5, 0.6) is 11.5 Å². The molecule has 0 aliphatic carbocycles. The molecule has 2 aromatic rings. The predicted molar refractivity (Wildman–Crippen MR) is 107 cm³/mol. The van der Waals surface area contributed by atoms with Gasteiger partial charge in [-0.25, -0.2) is 0 Å². The third-order valence-electron chi connectivity index (χ3n) is 4.82. The van der Waals surface area contributed by atoms with Crippen LogP contribution in [0.1, 0.15) is 32.8 Å². The molecule has 0 aromatic heterocycles. The molecule has 6 nitrogen and oxygen atoms in total. The first-order chi connectivity index (χ1) is 13.5. The van der Waals surface area contributed by atoms with Crippen molar-refractivity contribution in [3.8, 4) is 11.5 Å². The van der Waals surface area contributed by atoms with Gasteiger partial charge in [0.1, 0.15) is 6.10 Å². The van der Waals surface area contributed by atoms with Gasteiger partial charge in [0.15, 0.2) is 11.5 Å². The number of anilines is 1. The predicted octanol–water partition coefficient (Wildman–Crippen LogP) is 3.52. The highest BCUT2D eigenvalue weighted by atomic mass is 16.6. The Morgan fingerprint density at radius 3 is 2.50 bits per heavy atom. The summed E-state index contributed by atoms with van der Waals surface area (Å²) >= 11 is 0. The van der Waals surface area contributed by atoms with E-state index < -0.39 is 12.2 Å². The number of rotatable bonds is 6. The van der Waals surface area contributed by atoms with Crippen LogP contribution in [0.25, 0.3) is 0 Å². The van der Waals surface area contributed by atoms with E-state index in [-0.39, 0.29) is 17.7 Å². The Hall–Kier alpha value is -3.02. The molecule has 0 bridgehead atoms. The minimum Gasteiger partial charge on any atom is -0.482 e. The molecule has 0 saturated heterocycles. The van der Waals surface area contributed by atoms with Gasteiger partial charge in [0.2, 0.25) is 12.0 Å². The highest BCUT2D eigenvalue weighted by Crippen LogP contribution is 2.33. The minimum absolute atomic E-state index is 0.0102. The maximum Gasteiger partial charge on any atom is 0.265 e.